The highest BCUT2D eigenvalue weighted by molar-refractivity contribution is 6.12. The molecular formula is C70H55N3. The normalized spacial score (nSPS) is 11.9. The SMILES string of the molecule is C=C/C=C\C.N/C(=C\C(=C/Cc1ccc(-c2ccccc2)cc1)c1ccc(-n2c3ccccc3c3cc(-c4ccc5c(c4)c4ccccc4n5-c4ccccc4)ccc32)cc1)c1ccc(-c2ccccc2)cc1. The largest absolute Gasteiger partial charge is 0.398 e. The standard InChI is InChI=1S/C65H47N3.C5H8/c66-61(51-32-30-49(31-33-51)47-16-6-2-7-17-47)44-54(29-26-45-24-27-48(28-25-45)46-14-4-1-5-15-46)50-34-38-56(39-35-50)68-63-23-13-11-21-58(63)60-43-53(37-41-65(60)68)52-36-40-64-59(42-52)57-20-10-12-22-62(57)67(64)55-18-8-3-9-19-55;1-3-5-4-2/h1-25,27-44H,26,66H2;3-5H,1H2,2H3/b54-29+,61-44-;5-4-. The molecular weight excluding hydrogens is 883 g/mol. The van der Waals surface area contributed by atoms with E-state index in [1.807, 2.05) is 25.1 Å². The van der Waals surface area contributed by atoms with Gasteiger partial charge in [0.2, 0.25) is 0 Å². The van der Waals surface area contributed by atoms with E-state index in [4.69, 9.17) is 5.73 Å². The Morgan fingerprint density at radius 3 is 1.32 bits per heavy atom. The lowest BCUT2D eigenvalue weighted by Gasteiger charge is -2.12. The highest BCUT2D eigenvalue weighted by Gasteiger charge is 2.17. The van der Waals surface area contributed by atoms with E-state index in [0.29, 0.717) is 0 Å². The average molecular weight is 938 g/mol. The molecule has 0 radical (unpaired) electrons. The topological polar surface area (TPSA) is 35.9 Å². The number of hydrogen-bond acceptors (Lipinski definition) is 1. The Morgan fingerprint density at radius 2 is 0.822 bits per heavy atom. The summed E-state index contributed by atoms with van der Waals surface area (Å²) in [4.78, 5) is 0. The summed E-state index contributed by atoms with van der Waals surface area (Å²) in [6, 6.07) is 89.3. The van der Waals surface area contributed by atoms with Crippen molar-refractivity contribution in [2.75, 3.05) is 0 Å². The minimum absolute atomic E-state index is 0.721. The van der Waals surface area contributed by atoms with Crippen molar-refractivity contribution in [2.45, 2.75) is 13.3 Å². The van der Waals surface area contributed by atoms with Gasteiger partial charge in [0.25, 0.3) is 0 Å². The maximum Gasteiger partial charge on any atom is 0.0541 e. The van der Waals surface area contributed by atoms with Gasteiger partial charge < -0.3 is 14.9 Å². The Hall–Kier alpha value is -9.44. The Morgan fingerprint density at radius 1 is 0.411 bits per heavy atom. The van der Waals surface area contributed by atoms with Crippen LogP contribution < -0.4 is 5.73 Å². The number of para-hydroxylation sites is 3. The van der Waals surface area contributed by atoms with Gasteiger partial charge >= 0.3 is 0 Å². The average Bonchev–Trinajstić information content (AvgIpc) is 3.97. The van der Waals surface area contributed by atoms with Crippen molar-refractivity contribution in [3.05, 3.63) is 302 Å². The first-order chi connectivity index (χ1) is 36.0. The van der Waals surface area contributed by atoms with Gasteiger partial charge in [0.05, 0.1) is 22.1 Å². The first-order valence-corrected chi connectivity index (χ1v) is 25.0. The molecule has 350 valence electrons. The van der Waals surface area contributed by atoms with Gasteiger partial charge in [0, 0.05) is 38.6 Å². The van der Waals surface area contributed by atoms with Crippen LogP contribution in [0.2, 0.25) is 0 Å². The molecule has 10 aromatic carbocycles. The number of rotatable bonds is 11. The molecule has 0 atom stereocenters. The number of benzene rings is 10. The summed E-state index contributed by atoms with van der Waals surface area (Å²) in [6.07, 6.45) is 10.8. The lowest BCUT2D eigenvalue weighted by Crippen LogP contribution is -1.98. The Kier molecular flexibility index (Phi) is 13.1. The van der Waals surface area contributed by atoms with Crippen molar-refractivity contribution in [3.8, 4) is 44.8 Å². The fourth-order valence-electron chi connectivity index (χ4n) is 10.1. The molecule has 0 spiro atoms. The molecule has 0 bridgehead atoms. The first kappa shape index (κ1) is 46.0. The maximum absolute atomic E-state index is 6.95. The van der Waals surface area contributed by atoms with Crippen LogP contribution in [-0.2, 0) is 6.42 Å². The fraction of sp³-hybridized carbons (Fsp3) is 0.0286. The number of nitrogens with zero attached hydrogens (tertiary/aromatic N) is 2. The van der Waals surface area contributed by atoms with Crippen molar-refractivity contribution in [1.29, 1.82) is 0 Å². The summed E-state index contributed by atoms with van der Waals surface area (Å²) >= 11 is 0. The zero-order valence-corrected chi connectivity index (χ0v) is 40.9. The van der Waals surface area contributed by atoms with Crippen molar-refractivity contribution in [2.24, 2.45) is 5.73 Å². The van der Waals surface area contributed by atoms with Crippen LogP contribution in [0.25, 0.3) is 99.6 Å². The number of hydrogen-bond donors (Lipinski definition) is 1. The van der Waals surface area contributed by atoms with Gasteiger partial charge in [0.1, 0.15) is 0 Å². The first-order valence-electron chi connectivity index (χ1n) is 25.0. The second-order valence-corrected chi connectivity index (χ2v) is 18.3. The van der Waals surface area contributed by atoms with Gasteiger partial charge in [0.15, 0.2) is 0 Å². The van der Waals surface area contributed by atoms with E-state index < -0.39 is 0 Å². The van der Waals surface area contributed by atoms with Gasteiger partial charge in [-0.25, -0.2) is 0 Å². The second-order valence-electron chi connectivity index (χ2n) is 18.3. The smallest absolute Gasteiger partial charge is 0.0541 e. The van der Waals surface area contributed by atoms with E-state index in [-0.39, 0.29) is 0 Å². The lowest BCUT2D eigenvalue weighted by atomic mass is 9.98. The zero-order valence-electron chi connectivity index (χ0n) is 40.9. The molecule has 3 heteroatoms. The van der Waals surface area contributed by atoms with Crippen LogP contribution in [0.4, 0.5) is 0 Å². The summed E-state index contributed by atoms with van der Waals surface area (Å²) in [5.41, 5.74) is 26.3. The predicted molar refractivity (Wildman–Crippen MR) is 313 cm³/mol. The van der Waals surface area contributed by atoms with E-state index in [9.17, 15) is 0 Å². The number of allylic oxidation sites excluding steroid dienone is 6. The molecule has 0 aliphatic carbocycles. The molecule has 2 N–H and O–H groups in total. The number of fused-ring (bicyclic) bond motifs is 6. The Bertz CT molecular complexity index is 3960. The molecule has 12 rings (SSSR count). The molecule has 0 saturated heterocycles. The molecule has 2 aromatic heterocycles. The maximum atomic E-state index is 6.95. The van der Waals surface area contributed by atoms with Gasteiger partial charge in [-0.1, -0.05) is 219 Å². The highest BCUT2D eigenvalue weighted by atomic mass is 15.0. The monoisotopic (exact) mass is 937 g/mol. The van der Waals surface area contributed by atoms with E-state index in [0.717, 1.165) is 40.2 Å². The van der Waals surface area contributed by atoms with E-state index in [1.54, 1.807) is 6.08 Å². The minimum Gasteiger partial charge on any atom is -0.398 e. The molecule has 0 fully saturated rings. The quantitative estimate of drug-likeness (QED) is 0.129. The van der Waals surface area contributed by atoms with Crippen LogP contribution in [0.15, 0.2) is 286 Å². The molecule has 73 heavy (non-hydrogen) atoms. The van der Waals surface area contributed by atoms with Gasteiger partial charge in [-0.2, -0.15) is 0 Å². The molecule has 0 aliphatic rings. The third-order valence-electron chi connectivity index (χ3n) is 13.7. The number of aromatic nitrogens is 2. The van der Waals surface area contributed by atoms with Crippen LogP contribution >= 0.6 is 0 Å². The van der Waals surface area contributed by atoms with Crippen molar-refractivity contribution in [1.82, 2.24) is 9.13 Å². The summed E-state index contributed by atoms with van der Waals surface area (Å²) in [5.74, 6) is 0. The molecule has 0 unspecified atom stereocenters. The Balaban J connectivity index is 0.00000110. The molecule has 2 heterocycles. The third kappa shape index (κ3) is 9.48. The van der Waals surface area contributed by atoms with Crippen molar-refractivity contribution < 1.29 is 0 Å². The van der Waals surface area contributed by atoms with Crippen molar-refractivity contribution >= 4 is 54.9 Å². The van der Waals surface area contributed by atoms with Crippen LogP contribution in [-0.4, -0.2) is 9.13 Å². The molecule has 0 saturated carbocycles. The molecule has 12 aromatic rings. The summed E-state index contributed by atoms with van der Waals surface area (Å²) in [6.45, 7) is 5.42. The van der Waals surface area contributed by atoms with Crippen LogP contribution in [0.5, 0.6) is 0 Å². The third-order valence-corrected chi connectivity index (χ3v) is 13.7. The summed E-state index contributed by atoms with van der Waals surface area (Å²) < 4.78 is 4.76. The lowest BCUT2D eigenvalue weighted by molar-refractivity contribution is 1.18. The van der Waals surface area contributed by atoms with Crippen molar-refractivity contribution in [3.63, 3.8) is 0 Å². The zero-order chi connectivity index (χ0) is 49.5. The van der Waals surface area contributed by atoms with E-state index in [2.05, 4.69) is 271 Å². The van der Waals surface area contributed by atoms with Crippen LogP contribution in [0.3, 0.4) is 0 Å². The van der Waals surface area contributed by atoms with Gasteiger partial charge in [-0.3, -0.25) is 0 Å². The van der Waals surface area contributed by atoms with E-state index in [1.165, 1.54) is 82.6 Å². The van der Waals surface area contributed by atoms with Crippen LogP contribution in [0, 0.1) is 0 Å². The fourth-order valence-corrected chi connectivity index (χ4v) is 10.1. The van der Waals surface area contributed by atoms with Gasteiger partial charge in [-0.15, -0.1) is 0 Å². The van der Waals surface area contributed by atoms with Gasteiger partial charge in [-0.05, 0) is 136 Å². The minimum atomic E-state index is 0.721. The molecule has 0 aliphatic heterocycles. The van der Waals surface area contributed by atoms with Crippen LogP contribution in [0.1, 0.15) is 23.6 Å². The van der Waals surface area contributed by atoms with E-state index >= 15 is 0 Å². The summed E-state index contributed by atoms with van der Waals surface area (Å²) in [5, 5.41) is 4.95. The summed E-state index contributed by atoms with van der Waals surface area (Å²) in [7, 11) is 0. The Labute approximate surface area is 428 Å². The second kappa shape index (κ2) is 20.9. The molecule has 0 amide bonds. The number of nitrogens with two attached hydrogens (primary N) is 1. The highest BCUT2D eigenvalue weighted by Crippen LogP contribution is 2.39. The predicted octanol–water partition coefficient (Wildman–Crippen LogP) is 18.3. The molecule has 3 nitrogen and oxygen atoms in total.